The van der Waals surface area contributed by atoms with E-state index in [0.717, 1.165) is 18.4 Å². The van der Waals surface area contributed by atoms with Gasteiger partial charge in [0.2, 0.25) is 0 Å². The minimum atomic E-state index is -0.341. The van der Waals surface area contributed by atoms with Crippen LogP contribution in [-0.2, 0) is 9.53 Å². The number of esters is 1. The second kappa shape index (κ2) is 5.37. The Morgan fingerprint density at radius 3 is 2.78 bits per heavy atom. The van der Waals surface area contributed by atoms with Gasteiger partial charge in [0.25, 0.3) is 0 Å². The molecule has 0 aliphatic carbocycles. The number of nitrogens with zero attached hydrogens (tertiary/aromatic N) is 1. The lowest BCUT2D eigenvalue weighted by molar-refractivity contribution is -0.131. The van der Waals surface area contributed by atoms with Crippen LogP contribution in [0, 0.1) is 11.3 Å². The van der Waals surface area contributed by atoms with E-state index in [4.69, 9.17) is 14.7 Å². The van der Waals surface area contributed by atoms with Gasteiger partial charge in [-0.1, -0.05) is 12.1 Å². The number of carbonyl (C=O) groups excluding carboxylic acids is 1. The Balaban J connectivity index is 2.08. The summed E-state index contributed by atoms with van der Waals surface area (Å²) >= 11 is 0. The molecule has 1 unspecified atom stereocenters. The van der Waals surface area contributed by atoms with Crippen molar-refractivity contribution in [2.75, 3.05) is 0 Å². The number of hydrogen-bond donors (Lipinski definition) is 0. The lowest BCUT2D eigenvalue weighted by Crippen LogP contribution is -2.08. The first-order chi connectivity index (χ1) is 8.69. The third kappa shape index (κ3) is 2.89. The summed E-state index contributed by atoms with van der Waals surface area (Å²) in [7, 11) is 0. The van der Waals surface area contributed by atoms with Crippen molar-refractivity contribution in [3.05, 3.63) is 41.7 Å². The van der Waals surface area contributed by atoms with E-state index < -0.39 is 0 Å². The molecule has 0 spiro atoms. The summed E-state index contributed by atoms with van der Waals surface area (Å²) in [6.07, 6.45) is 3.37. The molecule has 0 amide bonds. The van der Waals surface area contributed by atoms with Gasteiger partial charge in [0.15, 0.2) is 5.76 Å². The minimum Gasteiger partial charge on any atom is -0.476 e. The standard InChI is InChI=1S/C14H13NO3/c1-10(16)17-12-7-5-11(6-8-12)14-4-2-3-13(9-15)18-14/h3,5-8,14H,2,4H2,1H3. The lowest BCUT2D eigenvalue weighted by Gasteiger charge is -2.22. The van der Waals surface area contributed by atoms with Crippen molar-refractivity contribution >= 4 is 5.97 Å². The molecule has 1 aliphatic heterocycles. The Labute approximate surface area is 105 Å². The number of allylic oxidation sites excluding steroid dienone is 2. The van der Waals surface area contributed by atoms with Crippen LogP contribution in [0.3, 0.4) is 0 Å². The number of carbonyl (C=O) groups is 1. The van der Waals surface area contributed by atoms with Gasteiger partial charge in [0.05, 0.1) is 0 Å². The predicted molar refractivity (Wildman–Crippen MR) is 64.5 cm³/mol. The first-order valence-electron chi connectivity index (χ1n) is 5.74. The van der Waals surface area contributed by atoms with Gasteiger partial charge in [0.1, 0.15) is 17.9 Å². The maximum Gasteiger partial charge on any atom is 0.308 e. The van der Waals surface area contributed by atoms with E-state index in [2.05, 4.69) is 0 Å². The zero-order chi connectivity index (χ0) is 13.0. The van der Waals surface area contributed by atoms with Crippen LogP contribution in [0.2, 0.25) is 0 Å². The predicted octanol–water partition coefficient (Wildman–Crippen LogP) is 2.87. The minimum absolute atomic E-state index is 0.101. The van der Waals surface area contributed by atoms with Gasteiger partial charge in [-0.15, -0.1) is 0 Å². The van der Waals surface area contributed by atoms with Crippen LogP contribution in [0.1, 0.15) is 31.4 Å². The molecule has 1 aromatic carbocycles. The van der Waals surface area contributed by atoms with E-state index in [1.165, 1.54) is 6.92 Å². The number of ether oxygens (including phenoxy) is 2. The van der Waals surface area contributed by atoms with Crippen LogP contribution < -0.4 is 4.74 Å². The maximum atomic E-state index is 10.8. The van der Waals surface area contributed by atoms with Crippen molar-refractivity contribution in [3.63, 3.8) is 0 Å². The molecule has 0 saturated carbocycles. The van der Waals surface area contributed by atoms with Gasteiger partial charge < -0.3 is 9.47 Å². The average Bonchev–Trinajstić information content (AvgIpc) is 2.39. The van der Waals surface area contributed by atoms with Gasteiger partial charge in [-0.05, 0) is 36.6 Å². The van der Waals surface area contributed by atoms with Gasteiger partial charge in [-0.25, -0.2) is 0 Å². The van der Waals surface area contributed by atoms with Crippen LogP contribution in [0.25, 0.3) is 0 Å². The summed E-state index contributed by atoms with van der Waals surface area (Å²) in [4.78, 5) is 10.8. The number of benzene rings is 1. The first kappa shape index (κ1) is 12.2. The average molecular weight is 243 g/mol. The second-order valence-electron chi connectivity index (χ2n) is 4.03. The van der Waals surface area contributed by atoms with E-state index in [9.17, 15) is 4.79 Å². The zero-order valence-corrected chi connectivity index (χ0v) is 10.1. The van der Waals surface area contributed by atoms with Crippen LogP contribution in [0.15, 0.2) is 36.1 Å². The Kier molecular flexibility index (Phi) is 3.63. The summed E-state index contributed by atoms with van der Waals surface area (Å²) < 4.78 is 10.5. The van der Waals surface area contributed by atoms with Crippen molar-refractivity contribution in [3.8, 4) is 11.8 Å². The van der Waals surface area contributed by atoms with Crippen LogP contribution in [0.5, 0.6) is 5.75 Å². The maximum absolute atomic E-state index is 10.8. The van der Waals surface area contributed by atoms with Gasteiger partial charge in [-0.3, -0.25) is 4.79 Å². The first-order valence-corrected chi connectivity index (χ1v) is 5.74. The van der Waals surface area contributed by atoms with E-state index >= 15 is 0 Å². The molecule has 18 heavy (non-hydrogen) atoms. The fourth-order valence-corrected chi connectivity index (χ4v) is 1.85. The molecule has 4 nitrogen and oxygen atoms in total. The second-order valence-corrected chi connectivity index (χ2v) is 4.03. The van der Waals surface area contributed by atoms with Gasteiger partial charge >= 0.3 is 5.97 Å². The number of rotatable bonds is 2. The van der Waals surface area contributed by atoms with Crippen molar-refractivity contribution in [2.24, 2.45) is 0 Å². The van der Waals surface area contributed by atoms with Gasteiger partial charge in [-0.2, -0.15) is 5.26 Å². The van der Waals surface area contributed by atoms with E-state index in [0.29, 0.717) is 11.5 Å². The van der Waals surface area contributed by atoms with Crippen LogP contribution in [-0.4, -0.2) is 5.97 Å². The van der Waals surface area contributed by atoms with Crippen molar-refractivity contribution in [1.29, 1.82) is 5.26 Å². The number of hydrogen-bond acceptors (Lipinski definition) is 4. The molecule has 1 atom stereocenters. The number of nitriles is 1. The van der Waals surface area contributed by atoms with Crippen molar-refractivity contribution in [1.82, 2.24) is 0 Å². The molecule has 1 aliphatic rings. The molecule has 0 aromatic heterocycles. The third-order valence-corrected chi connectivity index (χ3v) is 2.65. The highest BCUT2D eigenvalue weighted by molar-refractivity contribution is 5.69. The fourth-order valence-electron chi connectivity index (χ4n) is 1.85. The van der Waals surface area contributed by atoms with Crippen molar-refractivity contribution < 1.29 is 14.3 Å². The van der Waals surface area contributed by atoms with E-state index in [-0.39, 0.29) is 12.1 Å². The molecule has 4 heteroatoms. The highest BCUT2D eigenvalue weighted by Gasteiger charge is 2.18. The summed E-state index contributed by atoms with van der Waals surface area (Å²) in [6, 6.07) is 9.16. The molecule has 1 aromatic rings. The summed E-state index contributed by atoms with van der Waals surface area (Å²) in [5.74, 6) is 0.541. The van der Waals surface area contributed by atoms with Crippen molar-refractivity contribution in [2.45, 2.75) is 25.9 Å². The molecule has 0 fully saturated rings. The Bertz CT molecular complexity index is 511. The molecule has 0 saturated heterocycles. The quantitative estimate of drug-likeness (QED) is 0.592. The Hall–Kier alpha value is -2.28. The molecule has 1 heterocycles. The monoisotopic (exact) mass is 243 g/mol. The third-order valence-electron chi connectivity index (χ3n) is 2.65. The summed E-state index contributed by atoms with van der Waals surface area (Å²) in [5, 5.41) is 8.80. The van der Waals surface area contributed by atoms with E-state index in [1.807, 2.05) is 18.2 Å². The Morgan fingerprint density at radius 2 is 2.17 bits per heavy atom. The summed E-state index contributed by atoms with van der Waals surface area (Å²) in [6.45, 7) is 1.36. The van der Waals surface area contributed by atoms with Crippen LogP contribution >= 0.6 is 0 Å². The highest BCUT2D eigenvalue weighted by atomic mass is 16.5. The summed E-state index contributed by atoms with van der Waals surface area (Å²) in [5.41, 5.74) is 0.978. The normalized spacial score (nSPS) is 18.2. The topological polar surface area (TPSA) is 59.3 Å². The molecule has 2 rings (SSSR count). The highest BCUT2D eigenvalue weighted by Crippen LogP contribution is 2.30. The Morgan fingerprint density at radius 1 is 1.44 bits per heavy atom. The molecule has 92 valence electrons. The van der Waals surface area contributed by atoms with E-state index in [1.54, 1.807) is 18.2 Å². The largest absolute Gasteiger partial charge is 0.476 e. The molecular formula is C14H13NO3. The smallest absolute Gasteiger partial charge is 0.308 e. The SMILES string of the molecule is CC(=O)Oc1ccc(C2CCC=C(C#N)O2)cc1. The van der Waals surface area contributed by atoms with Crippen LogP contribution in [0.4, 0.5) is 0 Å². The molecule has 0 N–H and O–H groups in total. The fraction of sp³-hybridized carbons (Fsp3) is 0.286. The zero-order valence-electron chi connectivity index (χ0n) is 10.1. The molecule has 0 radical (unpaired) electrons. The molecule has 0 bridgehead atoms. The molecular weight excluding hydrogens is 230 g/mol. The lowest BCUT2D eigenvalue weighted by atomic mass is 10.0. The van der Waals surface area contributed by atoms with Gasteiger partial charge in [0, 0.05) is 6.92 Å².